The smallest absolute Gasteiger partial charge is 0.251 e. The third-order valence-corrected chi connectivity index (χ3v) is 3.78. The molecule has 1 aromatic rings. The Kier molecular flexibility index (Phi) is 8.05. The fourth-order valence-electron chi connectivity index (χ4n) is 1.99. The van der Waals surface area contributed by atoms with Crippen molar-refractivity contribution in [2.45, 2.75) is 33.1 Å². The fraction of sp³-hybridized carbons (Fsp3) is 0.500. The van der Waals surface area contributed by atoms with Gasteiger partial charge >= 0.3 is 0 Å². The number of halogens is 1. The number of carbonyl (C=O) groups is 2. The molecule has 1 N–H and O–H groups in total. The second-order valence-corrected chi connectivity index (χ2v) is 5.89. The summed E-state index contributed by atoms with van der Waals surface area (Å²) in [6.07, 6.45) is 3.26. The summed E-state index contributed by atoms with van der Waals surface area (Å²) in [7, 11) is 0. The standard InChI is InChI=1S/C16H23BrN2O2/c1-3-4-5-11-19(13(2)20)12-10-18-16(21)14-6-8-15(17)9-7-14/h6-9H,3-5,10-12H2,1-2H3,(H,18,21). The van der Waals surface area contributed by atoms with E-state index in [-0.39, 0.29) is 11.8 Å². The zero-order chi connectivity index (χ0) is 15.7. The minimum atomic E-state index is -0.112. The maximum Gasteiger partial charge on any atom is 0.251 e. The van der Waals surface area contributed by atoms with E-state index >= 15 is 0 Å². The fourth-order valence-corrected chi connectivity index (χ4v) is 2.25. The number of unbranched alkanes of at least 4 members (excludes halogenated alkanes) is 2. The molecule has 2 amide bonds. The predicted molar refractivity (Wildman–Crippen MR) is 88.3 cm³/mol. The highest BCUT2D eigenvalue weighted by Gasteiger charge is 2.09. The van der Waals surface area contributed by atoms with Crippen molar-refractivity contribution in [1.29, 1.82) is 0 Å². The summed E-state index contributed by atoms with van der Waals surface area (Å²) in [6, 6.07) is 7.20. The molecule has 21 heavy (non-hydrogen) atoms. The maximum atomic E-state index is 11.9. The van der Waals surface area contributed by atoms with Crippen LogP contribution >= 0.6 is 15.9 Å². The Morgan fingerprint density at radius 1 is 1.14 bits per heavy atom. The van der Waals surface area contributed by atoms with E-state index < -0.39 is 0 Å². The second kappa shape index (κ2) is 9.55. The average Bonchev–Trinajstić information content (AvgIpc) is 2.46. The van der Waals surface area contributed by atoms with Crippen LogP contribution in [0.4, 0.5) is 0 Å². The van der Waals surface area contributed by atoms with Crippen molar-refractivity contribution >= 4 is 27.7 Å². The van der Waals surface area contributed by atoms with Crippen LogP contribution in [0.2, 0.25) is 0 Å². The Balaban J connectivity index is 2.37. The summed E-state index contributed by atoms with van der Waals surface area (Å²) in [4.78, 5) is 25.3. The molecule has 0 aliphatic carbocycles. The molecule has 0 radical (unpaired) electrons. The SMILES string of the molecule is CCCCCN(CCNC(=O)c1ccc(Br)cc1)C(C)=O. The van der Waals surface area contributed by atoms with Gasteiger partial charge in [0.25, 0.3) is 5.91 Å². The summed E-state index contributed by atoms with van der Waals surface area (Å²) in [5, 5.41) is 2.85. The van der Waals surface area contributed by atoms with Crippen LogP contribution < -0.4 is 5.32 Å². The number of carbonyl (C=O) groups excluding carboxylic acids is 2. The van der Waals surface area contributed by atoms with E-state index in [4.69, 9.17) is 0 Å². The van der Waals surface area contributed by atoms with Gasteiger partial charge in [0.2, 0.25) is 5.91 Å². The molecule has 4 nitrogen and oxygen atoms in total. The molecule has 0 bridgehead atoms. The third-order valence-electron chi connectivity index (χ3n) is 3.25. The van der Waals surface area contributed by atoms with Gasteiger partial charge in [-0.2, -0.15) is 0 Å². The lowest BCUT2D eigenvalue weighted by atomic mass is 10.2. The highest BCUT2D eigenvalue weighted by molar-refractivity contribution is 9.10. The van der Waals surface area contributed by atoms with Crippen LogP contribution in [-0.4, -0.2) is 36.3 Å². The van der Waals surface area contributed by atoms with E-state index in [1.165, 1.54) is 0 Å². The molecule has 0 aromatic heterocycles. The first-order valence-corrected chi connectivity index (χ1v) is 8.13. The molecule has 0 saturated carbocycles. The van der Waals surface area contributed by atoms with Gasteiger partial charge in [-0.1, -0.05) is 35.7 Å². The van der Waals surface area contributed by atoms with Gasteiger partial charge in [0.15, 0.2) is 0 Å². The molecule has 0 atom stereocenters. The van der Waals surface area contributed by atoms with E-state index in [1.807, 2.05) is 12.1 Å². The van der Waals surface area contributed by atoms with Crippen molar-refractivity contribution in [3.05, 3.63) is 34.3 Å². The van der Waals surface area contributed by atoms with E-state index in [0.29, 0.717) is 18.7 Å². The van der Waals surface area contributed by atoms with Gasteiger partial charge in [0.05, 0.1) is 0 Å². The first kappa shape index (κ1) is 17.7. The van der Waals surface area contributed by atoms with E-state index in [2.05, 4.69) is 28.2 Å². The van der Waals surface area contributed by atoms with Crippen LogP contribution in [0.25, 0.3) is 0 Å². The first-order chi connectivity index (χ1) is 10.0. The number of nitrogens with zero attached hydrogens (tertiary/aromatic N) is 1. The van der Waals surface area contributed by atoms with Crippen LogP contribution in [0.3, 0.4) is 0 Å². The van der Waals surface area contributed by atoms with Gasteiger partial charge in [0.1, 0.15) is 0 Å². The molecule has 0 spiro atoms. The van der Waals surface area contributed by atoms with Crippen LogP contribution in [-0.2, 0) is 4.79 Å². The van der Waals surface area contributed by atoms with Gasteiger partial charge in [0, 0.05) is 36.6 Å². The van der Waals surface area contributed by atoms with Crippen molar-refractivity contribution in [3.8, 4) is 0 Å². The largest absolute Gasteiger partial charge is 0.350 e. The van der Waals surface area contributed by atoms with Crippen LogP contribution in [0, 0.1) is 0 Å². The van der Waals surface area contributed by atoms with Crippen molar-refractivity contribution in [3.63, 3.8) is 0 Å². The van der Waals surface area contributed by atoms with Crippen LogP contribution in [0.15, 0.2) is 28.7 Å². The van der Waals surface area contributed by atoms with Crippen molar-refractivity contribution < 1.29 is 9.59 Å². The van der Waals surface area contributed by atoms with E-state index in [9.17, 15) is 9.59 Å². The normalized spacial score (nSPS) is 10.2. The Morgan fingerprint density at radius 2 is 1.81 bits per heavy atom. The number of hydrogen-bond donors (Lipinski definition) is 1. The topological polar surface area (TPSA) is 49.4 Å². The zero-order valence-electron chi connectivity index (χ0n) is 12.7. The lowest BCUT2D eigenvalue weighted by Crippen LogP contribution is -2.38. The van der Waals surface area contributed by atoms with Gasteiger partial charge < -0.3 is 10.2 Å². The number of amides is 2. The molecule has 0 unspecified atom stereocenters. The average molecular weight is 355 g/mol. The molecule has 0 aliphatic heterocycles. The molecule has 116 valence electrons. The molecular formula is C16H23BrN2O2. The summed E-state index contributed by atoms with van der Waals surface area (Å²) in [6.45, 7) is 5.50. The van der Waals surface area contributed by atoms with Gasteiger partial charge in [-0.25, -0.2) is 0 Å². The molecule has 1 aromatic carbocycles. The number of rotatable bonds is 8. The zero-order valence-corrected chi connectivity index (χ0v) is 14.3. The van der Waals surface area contributed by atoms with Gasteiger partial charge in [-0.3, -0.25) is 9.59 Å². The van der Waals surface area contributed by atoms with Gasteiger partial charge in [-0.15, -0.1) is 0 Å². The highest BCUT2D eigenvalue weighted by Crippen LogP contribution is 2.10. The Bertz CT molecular complexity index is 460. The first-order valence-electron chi connectivity index (χ1n) is 7.34. The quantitative estimate of drug-likeness (QED) is 0.728. The van der Waals surface area contributed by atoms with Gasteiger partial charge in [-0.05, 0) is 30.7 Å². The van der Waals surface area contributed by atoms with Crippen LogP contribution in [0.1, 0.15) is 43.5 Å². The highest BCUT2D eigenvalue weighted by atomic mass is 79.9. The summed E-state index contributed by atoms with van der Waals surface area (Å²) in [5.41, 5.74) is 0.624. The molecule has 0 saturated heterocycles. The Morgan fingerprint density at radius 3 is 2.38 bits per heavy atom. The maximum absolute atomic E-state index is 11.9. The monoisotopic (exact) mass is 354 g/mol. The number of nitrogens with one attached hydrogen (secondary N) is 1. The third kappa shape index (κ3) is 6.76. The second-order valence-electron chi connectivity index (χ2n) is 4.98. The minimum absolute atomic E-state index is 0.0593. The van der Waals surface area contributed by atoms with E-state index in [0.717, 1.165) is 30.3 Å². The molecule has 0 aliphatic rings. The van der Waals surface area contributed by atoms with Crippen LogP contribution in [0.5, 0.6) is 0 Å². The minimum Gasteiger partial charge on any atom is -0.350 e. The molecular weight excluding hydrogens is 332 g/mol. The Hall–Kier alpha value is -1.36. The lowest BCUT2D eigenvalue weighted by molar-refractivity contribution is -0.128. The predicted octanol–water partition coefficient (Wildman–Crippen LogP) is 3.22. The molecule has 5 heteroatoms. The Labute approximate surface area is 135 Å². The lowest BCUT2D eigenvalue weighted by Gasteiger charge is -2.21. The van der Waals surface area contributed by atoms with E-state index in [1.54, 1.807) is 24.0 Å². The van der Waals surface area contributed by atoms with Crippen molar-refractivity contribution in [2.24, 2.45) is 0 Å². The number of hydrogen-bond acceptors (Lipinski definition) is 2. The van der Waals surface area contributed by atoms with Crippen molar-refractivity contribution in [1.82, 2.24) is 10.2 Å². The summed E-state index contributed by atoms with van der Waals surface area (Å²) >= 11 is 3.34. The number of benzene rings is 1. The summed E-state index contributed by atoms with van der Waals surface area (Å²) in [5.74, 6) is -0.0523. The molecule has 0 heterocycles. The molecule has 1 rings (SSSR count). The molecule has 0 fully saturated rings. The van der Waals surface area contributed by atoms with Crippen molar-refractivity contribution in [2.75, 3.05) is 19.6 Å². The summed E-state index contributed by atoms with van der Waals surface area (Å²) < 4.78 is 0.942.